The van der Waals surface area contributed by atoms with E-state index < -0.39 is 38.2 Å². The van der Waals surface area contributed by atoms with Crippen molar-refractivity contribution in [1.29, 1.82) is 5.26 Å². The Hall–Kier alpha value is -4.15. The highest BCUT2D eigenvalue weighted by molar-refractivity contribution is 6.76. The lowest BCUT2D eigenvalue weighted by atomic mass is 10.1. The van der Waals surface area contributed by atoms with Crippen LogP contribution in [0.4, 0.5) is 8.78 Å². The summed E-state index contributed by atoms with van der Waals surface area (Å²) in [6, 6.07) is 12.9. The molecule has 0 atom stereocenters. The number of hydrogen-bond donors (Lipinski definition) is 0. The van der Waals surface area contributed by atoms with E-state index in [9.17, 15) is 23.6 Å². The maximum absolute atomic E-state index is 13.3. The molecule has 2 aromatic carbocycles. The monoisotopic (exact) mass is 625 g/mol. The predicted octanol–water partition coefficient (Wildman–Crippen LogP) is 5.51. The molecule has 0 spiro atoms. The Balaban J connectivity index is 1.80. The van der Waals surface area contributed by atoms with Gasteiger partial charge in [-0.2, -0.15) is 10.4 Å². The smallest absolute Gasteiger partial charge is 0.328 e. The molecular formula is C31H37F2N5O5Si. The molecular weight excluding hydrogens is 588 g/mol. The summed E-state index contributed by atoms with van der Waals surface area (Å²) in [7, 11) is -1.37. The number of nitrogens with zero attached hydrogens (tertiary/aromatic N) is 5. The van der Waals surface area contributed by atoms with Gasteiger partial charge < -0.3 is 18.8 Å². The first kappa shape index (κ1) is 32.8. The lowest BCUT2D eigenvalue weighted by Crippen LogP contribution is -2.32. The van der Waals surface area contributed by atoms with E-state index in [0.717, 1.165) is 10.7 Å². The van der Waals surface area contributed by atoms with Crippen molar-refractivity contribution in [3.63, 3.8) is 0 Å². The van der Waals surface area contributed by atoms with Crippen molar-refractivity contribution in [2.75, 3.05) is 13.2 Å². The zero-order chi connectivity index (χ0) is 32.2. The third kappa shape index (κ3) is 8.27. The molecule has 2 heterocycles. The van der Waals surface area contributed by atoms with E-state index in [0.29, 0.717) is 39.9 Å². The summed E-state index contributed by atoms with van der Waals surface area (Å²) < 4.78 is 45.4. The number of rotatable bonds is 12. The van der Waals surface area contributed by atoms with Crippen molar-refractivity contribution in [3.8, 4) is 11.8 Å². The topological polar surface area (TPSA) is 121 Å². The summed E-state index contributed by atoms with van der Waals surface area (Å²) in [4.78, 5) is 30.7. The van der Waals surface area contributed by atoms with Gasteiger partial charge in [0.1, 0.15) is 43.1 Å². The lowest BCUT2D eigenvalue weighted by Gasteiger charge is -2.20. The molecule has 0 aliphatic carbocycles. The summed E-state index contributed by atoms with van der Waals surface area (Å²) >= 11 is 0. The van der Waals surface area contributed by atoms with E-state index in [2.05, 4.69) is 24.7 Å². The van der Waals surface area contributed by atoms with E-state index in [1.807, 2.05) is 6.07 Å². The van der Waals surface area contributed by atoms with Crippen molar-refractivity contribution in [1.82, 2.24) is 19.3 Å². The molecule has 10 nitrogen and oxygen atoms in total. The van der Waals surface area contributed by atoms with Crippen molar-refractivity contribution in [2.45, 2.75) is 78.2 Å². The molecule has 4 aromatic rings. The fourth-order valence-corrected chi connectivity index (χ4v) is 5.32. The van der Waals surface area contributed by atoms with Crippen LogP contribution in [0.2, 0.25) is 25.7 Å². The molecule has 13 heteroatoms. The maximum atomic E-state index is 13.3. The summed E-state index contributed by atoms with van der Waals surface area (Å²) in [5, 5.41) is 15.3. The minimum atomic E-state index is -2.71. The van der Waals surface area contributed by atoms with E-state index >= 15 is 0 Å². The Morgan fingerprint density at radius 1 is 1.14 bits per heavy atom. The molecule has 0 bridgehead atoms. The first-order valence-corrected chi connectivity index (χ1v) is 18.0. The van der Waals surface area contributed by atoms with Gasteiger partial charge in [0.15, 0.2) is 0 Å². The van der Waals surface area contributed by atoms with Crippen molar-refractivity contribution in [3.05, 3.63) is 63.8 Å². The van der Waals surface area contributed by atoms with E-state index in [1.54, 1.807) is 55.7 Å². The zero-order valence-electron chi connectivity index (χ0n) is 25.8. The highest BCUT2D eigenvalue weighted by atomic mass is 28.3. The molecule has 0 radical (unpaired) electrons. The number of halogens is 2. The number of benzene rings is 2. The molecule has 2 aromatic heterocycles. The third-order valence-corrected chi connectivity index (χ3v) is 8.30. The Labute approximate surface area is 255 Å². The minimum Gasteiger partial charge on any atom is -0.486 e. The van der Waals surface area contributed by atoms with Gasteiger partial charge in [0.2, 0.25) is 0 Å². The second-order valence-electron chi connectivity index (χ2n) is 12.7. The number of hydrogen-bond acceptors (Lipinski definition) is 8. The second kappa shape index (κ2) is 13.2. The number of fused-ring (bicyclic) bond motifs is 2. The minimum absolute atomic E-state index is 0.00522. The van der Waals surface area contributed by atoms with E-state index in [4.69, 9.17) is 19.2 Å². The number of imidazole rings is 1. The average molecular weight is 626 g/mol. The molecule has 0 unspecified atom stereocenters. The second-order valence-corrected chi connectivity index (χ2v) is 18.3. The molecule has 0 amide bonds. The lowest BCUT2D eigenvalue weighted by molar-refractivity contribution is -0.155. The van der Waals surface area contributed by atoms with Gasteiger partial charge in [-0.05, 0) is 38.9 Å². The molecule has 234 valence electrons. The van der Waals surface area contributed by atoms with Gasteiger partial charge >= 0.3 is 5.97 Å². The standard InChI is InChI=1S/C31H37F2N5O5Si/c1-31(2,3)43-29(39)17-38-30(40)22-10-8-7-9-21(22)23(36-38)15-28-35-24-14-26(42-18-27(32)33)20(16-34)13-25(24)37(28)19-41-11-12-44(4,5)6/h7-10,13-14,27H,11-12,15,17-19H2,1-6H3. The molecule has 0 saturated carbocycles. The van der Waals surface area contributed by atoms with Crippen LogP contribution in [0.5, 0.6) is 5.75 Å². The van der Waals surface area contributed by atoms with Crippen molar-refractivity contribution in [2.24, 2.45) is 0 Å². The van der Waals surface area contributed by atoms with Gasteiger partial charge in [-0.25, -0.2) is 18.4 Å². The first-order valence-electron chi connectivity index (χ1n) is 14.3. The van der Waals surface area contributed by atoms with Crippen LogP contribution in [0.1, 0.15) is 37.9 Å². The molecule has 0 N–H and O–H groups in total. The average Bonchev–Trinajstić information content (AvgIpc) is 3.25. The summed E-state index contributed by atoms with van der Waals surface area (Å²) in [5.41, 5.74) is 0.377. The van der Waals surface area contributed by atoms with Crippen LogP contribution in [0.25, 0.3) is 21.8 Å². The highest BCUT2D eigenvalue weighted by Gasteiger charge is 2.22. The van der Waals surface area contributed by atoms with Crippen LogP contribution in [0.3, 0.4) is 0 Å². The molecule has 4 rings (SSSR count). The number of carbonyl (C=O) groups is 1. The molecule has 0 fully saturated rings. The van der Waals surface area contributed by atoms with Crippen LogP contribution in [0, 0.1) is 11.3 Å². The Kier molecular flexibility index (Phi) is 9.85. The first-order chi connectivity index (χ1) is 20.6. The van der Waals surface area contributed by atoms with E-state index in [1.165, 1.54) is 6.07 Å². The van der Waals surface area contributed by atoms with Crippen LogP contribution >= 0.6 is 0 Å². The van der Waals surface area contributed by atoms with E-state index in [-0.39, 0.29) is 31.0 Å². The summed E-state index contributed by atoms with van der Waals surface area (Å²) in [5.74, 6) is -0.0922. The Morgan fingerprint density at radius 2 is 1.84 bits per heavy atom. The van der Waals surface area contributed by atoms with Gasteiger partial charge in [-0.3, -0.25) is 9.59 Å². The van der Waals surface area contributed by atoms with Crippen LogP contribution in [-0.2, 0) is 34.0 Å². The normalized spacial score (nSPS) is 12.2. The molecule has 0 aliphatic heterocycles. The molecule has 0 aliphatic rings. The zero-order valence-corrected chi connectivity index (χ0v) is 26.8. The Bertz CT molecular complexity index is 1770. The third-order valence-electron chi connectivity index (χ3n) is 6.60. The van der Waals surface area contributed by atoms with Crippen LogP contribution in [-0.4, -0.2) is 58.6 Å². The number of aromatic nitrogens is 4. The molecule has 44 heavy (non-hydrogen) atoms. The quantitative estimate of drug-likeness (QED) is 0.115. The predicted molar refractivity (Wildman–Crippen MR) is 165 cm³/mol. The van der Waals surface area contributed by atoms with Crippen LogP contribution in [0.15, 0.2) is 41.2 Å². The van der Waals surface area contributed by atoms with Gasteiger partial charge in [-0.15, -0.1) is 0 Å². The number of esters is 1. The fraction of sp³-hybridized carbons (Fsp3) is 0.452. The van der Waals surface area contributed by atoms with Gasteiger partial charge in [0, 0.05) is 26.1 Å². The summed E-state index contributed by atoms with van der Waals surface area (Å²) in [6.07, 6.45) is -2.57. The fourth-order valence-electron chi connectivity index (χ4n) is 4.56. The number of carbonyl (C=O) groups excluding carboxylic acids is 1. The van der Waals surface area contributed by atoms with Crippen LogP contribution < -0.4 is 10.3 Å². The van der Waals surface area contributed by atoms with Crippen molar-refractivity contribution < 1.29 is 27.8 Å². The molecule has 0 saturated heterocycles. The number of ether oxygens (including phenoxy) is 3. The van der Waals surface area contributed by atoms with Gasteiger partial charge in [-0.1, -0.05) is 37.8 Å². The summed E-state index contributed by atoms with van der Waals surface area (Å²) in [6.45, 7) is 11.4. The maximum Gasteiger partial charge on any atom is 0.328 e. The van der Waals surface area contributed by atoms with Crippen molar-refractivity contribution >= 4 is 35.8 Å². The SMILES string of the molecule is CC(C)(C)OC(=O)Cn1nc(Cc2nc3cc(OCC(F)F)c(C#N)cc3n2COCC[Si](C)(C)C)c2ccccc2c1=O. The van der Waals surface area contributed by atoms with Gasteiger partial charge in [0.05, 0.1) is 34.1 Å². The number of alkyl halides is 2. The Morgan fingerprint density at radius 3 is 2.48 bits per heavy atom. The van der Waals surface area contributed by atoms with Gasteiger partial charge in [0.25, 0.3) is 12.0 Å². The highest BCUT2D eigenvalue weighted by Crippen LogP contribution is 2.28. The largest absolute Gasteiger partial charge is 0.486 e. The number of nitriles is 1.